The van der Waals surface area contributed by atoms with E-state index >= 15 is 0 Å². The molecule has 2 fully saturated rings. The van der Waals surface area contributed by atoms with E-state index in [1.165, 1.54) is 24.3 Å². The summed E-state index contributed by atoms with van der Waals surface area (Å²) >= 11 is 0. The summed E-state index contributed by atoms with van der Waals surface area (Å²) in [6, 6.07) is 11.9. The first-order valence-electron chi connectivity index (χ1n) is 9.24. The molecule has 0 aromatic heterocycles. The Bertz CT molecular complexity index is 1120. The average Bonchev–Trinajstić information content (AvgIpc) is 3.22. The molecule has 29 heavy (non-hydrogen) atoms. The summed E-state index contributed by atoms with van der Waals surface area (Å²) in [5.74, 6) is -2.69. The minimum atomic E-state index is -0.830. The topological polar surface area (TPSA) is 111 Å². The van der Waals surface area contributed by atoms with Gasteiger partial charge >= 0.3 is 0 Å². The van der Waals surface area contributed by atoms with Gasteiger partial charge in [-0.15, -0.1) is 0 Å². The van der Waals surface area contributed by atoms with Crippen molar-refractivity contribution in [1.82, 2.24) is 5.32 Å². The van der Waals surface area contributed by atoms with Gasteiger partial charge in [0.05, 0.1) is 11.1 Å². The molecule has 2 aromatic rings. The van der Waals surface area contributed by atoms with Crippen molar-refractivity contribution in [2.24, 2.45) is 11.8 Å². The molecule has 1 unspecified atom stereocenters. The lowest BCUT2D eigenvalue weighted by Gasteiger charge is -2.29. The number of amides is 2. The molecule has 8 nitrogen and oxygen atoms in total. The number of ketones is 1. The van der Waals surface area contributed by atoms with Gasteiger partial charge in [0.15, 0.2) is 6.04 Å². The van der Waals surface area contributed by atoms with Crippen molar-refractivity contribution < 1.29 is 24.2 Å². The Kier molecular flexibility index (Phi) is 3.72. The summed E-state index contributed by atoms with van der Waals surface area (Å²) in [5, 5.41) is 13.5. The number of quaternary nitrogens is 1. The van der Waals surface area contributed by atoms with Crippen molar-refractivity contribution in [3.8, 4) is 0 Å². The summed E-state index contributed by atoms with van der Waals surface area (Å²) < 4.78 is 0. The summed E-state index contributed by atoms with van der Waals surface area (Å²) in [5.41, 5.74) is 1.84. The van der Waals surface area contributed by atoms with Crippen molar-refractivity contribution >= 4 is 29.4 Å². The second kappa shape index (κ2) is 6.18. The van der Waals surface area contributed by atoms with Crippen LogP contribution in [-0.2, 0) is 9.59 Å². The third-order valence-corrected chi connectivity index (χ3v) is 6.09. The zero-order valence-electron chi connectivity index (χ0n) is 15.1. The van der Waals surface area contributed by atoms with Crippen LogP contribution in [0.15, 0.2) is 54.7 Å². The molecule has 0 spiro atoms. The molecule has 2 amide bonds. The number of carbonyl (C=O) groups excluding carboxylic acids is 3. The molecule has 0 bridgehead atoms. The summed E-state index contributed by atoms with van der Waals surface area (Å²) in [4.78, 5) is 49.9. The lowest BCUT2D eigenvalue weighted by atomic mass is 9.83. The van der Waals surface area contributed by atoms with E-state index in [1.807, 2.05) is 36.5 Å². The van der Waals surface area contributed by atoms with Gasteiger partial charge in [0.1, 0.15) is 17.9 Å². The molecule has 2 N–H and O–H groups in total. The fourth-order valence-electron chi connectivity index (χ4n) is 4.92. The van der Waals surface area contributed by atoms with Crippen molar-refractivity contribution in [1.29, 1.82) is 0 Å². The molecule has 0 saturated carbocycles. The number of nitrogens with zero attached hydrogens (tertiary/aromatic N) is 1. The van der Waals surface area contributed by atoms with Crippen molar-refractivity contribution in [2.75, 3.05) is 0 Å². The van der Waals surface area contributed by atoms with Crippen molar-refractivity contribution in [3.05, 3.63) is 81.5 Å². The quantitative estimate of drug-likeness (QED) is 0.346. The highest BCUT2D eigenvalue weighted by molar-refractivity contribution is 6.11. The summed E-state index contributed by atoms with van der Waals surface area (Å²) in [7, 11) is 0. The number of Topliss-reactive ketones (excluding diaryl/α,β-unsaturated/α-hetero) is 1. The number of hydrogen-bond acceptors (Lipinski definition) is 5. The zero-order chi connectivity index (χ0) is 20.3. The Morgan fingerprint density at radius 3 is 2.59 bits per heavy atom. The molecule has 2 saturated heterocycles. The van der Waals surface area contributed by atoms with E-state index in [2.05, 4.69) is 5.32 Å². The molecular weight excluding hydrogens is 374 g/mol. The fourth-order valence-corrected chi connectivity index (χ4v) is 4.92. The largest absolute Gasteiger partial charge is 0.295 e. The Hall–Kier alpha value is -3.65. The number of non-ortho nitro benzene ring substituents is 1. The molecule has 0 radical (unpaired) electrons. The van der Waals surface area contributed by atoms with Gasteiger partial charge < -0.3 is 0 Å². The first-order chi connectivity index (χ1) is 14.0. The van der Waals surface area contributed by atoms with Gasteiger partial charge in [0.2, 0.25) is 17.6 Å². The number of imide groups is 1. The normalized spacial score (nSPS) is 29.0. The molecule has 0 aliphatic carbocycles. The Labute approximate surface area is 165 Å². The number of nitro groups is 1. The second-order valence-corrected chi connectivity index (χ2v) is 7.49. The minimum absolute atomic E-state index is 0.163. The first kappa shape index (κ1) is 17.4. The van der Waals surface area contributed by atoms with Crippen LogP contribution in [0.25, 0.3) is 6.08 Å². The Morgan fingerprint density at radius 2 is 1.79 bits per heavy atom. The Balaban J connectivity index is 1.63. The van der Waals surface area contributed by atoms with E-state index in [0.717, 1.165) is 16.0 Å². The number of rotatable bonds is 3. The standard InChI is InChI=1S/C21H15N3O5/c25-19(12-5-3-6-13(10-12)24(28)29)18-16-15(20(26)22-21(16)27)17-14-7-2-1-4-11(14)8-9-23(17)18/h1-10,15-18H,(H,22,26,27)/p+1/t15-,16+,17-,18-/m0/s1. The first-order valence-corrected chi connectivity index (χ1v) is 9.24. The number of hydrogen-bond donors (Lipinski definition) is 2. The number of fused-ring (bicyclic) bond motifs is 5. The van der Waals surface area contributed by atoms with Gasteiger partial charge in [0, 0.05) is 23.3 Å². The van der Waals surface area contributed by atoms with Crippen LogP contribution < -0.4 is 10.2 Å². The molecule has 2 aromatic carbocycles. The Morgan fingerprint density at radius 1 is 1.03 bits per heavy atom. The third kappa shape index (κ3) is 2.46. The smallest absolute Gasteiger partial charge is 0.270 e. The van der Waals surface area contributed by atoms with E-state index in [-0.39, 0.29) is 29.0 Å². The lowest BCUT2D eigenvalue weighted by Crippen LogP contribution is -3.12. The van der Waals surface area contributed by atoms with E-state index < -0.39 is 28.7 Å². The maximum absolute atomic E-state index is 13.4. The fraction of sp³-hybridized carbons (Fsp3) is 0.190. The minimum Gasteiger partial charge on any atom is -0.295 e. The van der Waals surface area contributed by atoms with Crippen LogP contribution in [0.2, 0.25) is 0 Å². The maximum atomic E-state index is 13.4. The highest BCUT2D eigenvalue weighted by Crippen LogP contribution is 2.41. The summed E-state index contributed by atoms with van der Waals surface area (Å²) in [6.07, 6.45) is 3.71. The molecular formula is C21H16N3O5+. The lowest BCUT2D eigenvalue weighted by molar-refractivity contribution is -0.884. The molecule has 5 atom stereocenters. The van der Waals surface area contributed by atoms with E-state index in [9.17, 15) is 24.5 Å². The van der Waals surface area contributed by atoms with Crippen LogP contribution in [0.1, 0.15) is 27.5 Å². The van der Waals surface area contributed by atoms with Gasteiger partial charge in [-0.25, -0.2) is 0 Å². The van der Waals surface area contributed by atoms with Gasteiger partial charge in [-0.1, -0.05) is 36.4 Å². The van der Waals surface area contributed by atoms with Gasteiger partial charge in [-0.3, -0.25) is 34.7 Å². The SMILES string of the molecule is O=C1NC(=O)[C@H]2[C@@H]1[C@@H](C(=O)c1cccc([N+](=O)[O-])c1)[NH+]1C=Cc3ccccc3[C@@H]21. The van der Waals surface area contributed by atoms with Crippen LogP contribution in [-0.4, -0.2) is 28.6 Å². The highest BCUT2D eigenvalue weighted by atomic mass is 16.6. The van der Waals surface area contributed by atoms with Crippen LogP contribution in [0.5, 0.6) is 0 Å². The molecule has 3 heterocycles. The van der Waals surface area contributed by atoms with Crippen LogP contribution >= 0.6 is 0 Å². The number of nitro benzene ring substituents is 1. The molecule has 3 aliphatic rings. The summed E-state index contributed by atoms with van der Waals surface area (Å²) in [6.45, 7) is 0. The van der Waals surface area contributed by atoms with E-state index in [4.69, 9.17) is 0 Å². The van der Waals surface area contributed by atoms with Crippen LogP contribution in [0, 0.1) is 22.0 Å². The van der Waals surface area contributed by atoms with Gasteiger partial charge in [-0.05, 0) is 11.6 Å². The predicted octanol–water partition coefficient (Wildman–Crippen LogP) is 0.659. The molecule has 3 aliphatic heterocycles. The monoisotopic (exact) mass is 390 g/mol. The maximum Gasteiger partial charge on any atom is 0.270 e. The number of benzene rings is 2. The molecule has 5 rings (SSSR count). The molecule has 8 heteroatoms. The second-order valence-electron chi connectivity index (χ2n) is 7.49. The van der Waals surface area contributed by atoms with Crippen LogP contribution in [0.3, 0.4) is 0 Å². The van der Waals surface area contributed by atoms with Crippen molar-refractivity contribution in [2.45, 2.75) is 12.1 Å². The molecule has 144 valence electrons. The predicted molar refractivity (Wildman–Crippen MR) is 101 cm³/mol. The number of nitrogens with one attached hydrogen (secondary N) is 2. The highest BCUT2D eigenvalue weighted by Gasteiger charge is 2.65. The van der Waals surface area contributed by atoms with Gasteiger partial charge in [0.25, 0.3) is 5.69 Å². The van der Waals surface area contributed by atoms with E-state index in [0.29, 0.717) is 0 Å². The van der Waals surface area contributed by atoms with Crippen molar-refractivity contribution in [3.63, 3.8) is 0 Å². The third-order valence-electron chi connectivity index (χ3n) is 6.09. The average molecular weight is 390 g/mol. The number of carbonyl (C=O) groups is 3. The van der Waals surface area contributed by atoms with Gasteiger partial charge in [-0.2, -0.15) is 0 Å². The van der Waals surface area contributed by atoms with E-state index in [1.54, 1.807) is 0 Å². The van der Waals surface area contributed by atoms with Crippen LogP contribution in [0.4, 0.5) is 5.69 Å². The zero-order valence-corrected chi connectivity index (χ0v) is 15.1.